The van der Waals surface area contributed by atoms with E-state index in [1.807, 2.05) is 6.07 Å². The summed E-state index contributed by atoms with van der Waals surface area (Å²) in [5, 5.41) is 8.30. The molecule has 0 aliphatic carbocycles. The smallest absolute Gasteiger partial charge is 0.151 e. The number of hydrogen-bond donors (Lipinski definition) is 0. The highest BCUT2D eigenvalue weighted by molar-refractivity contribution is 7.98. The highest BCUT2D eigenvalue weighted by Crippen LogP contribution is 2.24. The fraction of sp³-hybridized carbons (Fsp3) is 0.286. The van der Waals surface area contributed by atoms with Gasteiger partial charge in [0, 0.05) is 10.6 Å². The summed E-state index contributed by atoms with van der Waals surface area (Å²) in [4.78, 5) is 1.25. The number of halogens is 1. The molecule has 0 fully saturated rings. The van der Waals surface area contributed by atoms with E-state index in [-0.39, 0.29) is 0 Å². The first-order chi connectivity index (χ1) is 8.65. The van der Waals surface area contributed by atoms with Gasteiger partial charge in [-0.15, -0.1) is 16.9 Å². The summed E-state index contributed by atoms with van der Waals surface area (Å²) in [6.45, 7) is 4.40. The van der Waals surface area contributed by atoms with Crippen LogP contribution in [-0.2, 0) is 5.75 Å². The second-order valence-electron chi connectivity index (χ2n) is 4.36. The minimum absolute atomic E-state index is 0.435. The molecule has 1 heterocycles. The summed E-state index contributed by atoms with van der Waals surface area (Å²) in [5.41, 5.74) is 2.31. The SMILES string of the molecule is CC(C)c1ccc(SCc2ccc(Cl)nn2)cc1. The Balaban J connectivity index is 1.95. The molecule has 0 amide bonds. The third kappa shape index (κ3) is 3.72. The summed E-state index contributed by atoms with van der Waals surface area (Å²) in [6.07, 6.45) is 0. The van der Waals surface area contributed by atoms with Crippen molar-refractivity contribution in [2.45, 2.75) is 30.4 Å². The van der Waals surface area contributed by atoms with E-state index in [9.17, 15) is 0 Å². The molecule has 0 saturated carbocycles. The van der Waals surface area contributed by atoms with Crippen molar-refractivity contribution >= 4 is 23.4 Å². The summed E-state index contributed by atoms with van der Waals surface area (Å²) in [5.74, 6) is 1.39. The van der Waals surface area contributed by atoms with Gasteiger partial charge in [0.1, 0.15) is 0 Å². The standard InChI is InChI=1S/C14H15ClN2S/c1-10(2)11-3-6-13(7-4-11)18-9-12-5-8-14(15)17-16-12/h3-8,10H,9H2,1-2H3. The van der Waals surface area contributed by atoms with E-state index in [4.69, 9.17) is 11.6 Å². The van der Waals surface area contributed by atoms with E-state index in [2.05, 4.69) is 48.3 Å². The molecule has 0 unspecified atom stereocenters. The zero-order valence-electron chi connectivity index (χ0n) is 10.4. The van der Waals surface area contributed by atoms with Crippen LogP contribution in [0.5, 0.6) is 0 Å². The lowest BCUT2D eigenvalue weighted by Gasteiger charge is -2.06. The lowest BCUT2D eigenvalue weighted by Crippen LogP contribution is -1.90. The van der Waals surface area contributed by atoms with Crippen LogP contribution in [0.4, 0.5) is 0 Å². The van der Waals surface area contributed by atoms with Crippen LogP contribution in [0, 0.1) is 0 Å². The van der Waals surface area contributed by atoms with Gasteiger partial charge in [0.15, 0.2) is 5.15 Å². The molecule has 0 aliphatic rings. The average molecular weight is 279 g/mol. The van der Waals surface area contributed by atoms with E-state index < -0.39 is 0 Å². The van der Waals surface area contributed by atoms with Crippen molar-refractivity contribution in [3.05, 3.63) is 52.8 Å². The van der Waals surface area contributed by atoms with Gasteiger partial charge >= 0.3 is 0 Å². The van der Waals surface area contributed by atoms with E-state index >= 15 is 0 Å². The Morgan fingerprint density at radius 1 is 1.06 bits per heavy atom. The molecule has 1 aromatic carbocycles. The molecule has 0 radical (unpaired) electrons. The van der Waals surface area contributed by atoms with Gasteiger partial charge in [-0.05, 0) is 35.7 Å². The molecular weight excluding hydrogens is 264 g/mol. The molecule has 0 atom stereocenters. The number of hydrogen-bond acceptors (Lipinski definition) is 3. The van der Waals surface area contributed by atoms with Crippen molar-refractivity contribution < 1.29 is 0 Å². The molecule has 0 saturated heterocycles. The molecule has 2 nitrogen and oxygen atoms in total. The Labute approximate surface area is 117 Å². The molecule has 0 aliphatic heterocycles. The fourth-order valence-corrected chi connectivity index (χ4v) is 2.42. The predicted octanol–water partition coefficient (Wildman–Crippen LogP) is 4.55. The number of aromatic nitrogens is 2. The van der Waals surface area contributed by atoms with Gasteiger partial charge in [-0.25, -0.2) is 0 Å². The molecule has 1 aromatic heterocycles. The Bertz CT molecular complexity index is 494. The Hall–Kier alpha value is -1.06. The molecule has 2 aromatic rings. The highest BCUT2D eigenvalue weighted by atomic mass is 35.5. The van der Waals surface area contributed by atoms with Gasteiger partial charge in [-0.2, -0.15) is 5.10 Å². The second-order valence-corrected chi connectivity index (χ2v) is 5.80. The van der Waals surface area contributed by atoms with Crippen LogP contribution in [0.1, 0.15) is 31.0 Å². The summed E-state index contributed by atoms with van der Waals surface area (Å²) in [7, 11) is 0. The maximum atomic E-state index is 5.70. The van der Waals surface area contributed by atoms with Crippen LogP contribution in [0.25, 0.3) is 0 Å². The van der Waals surface area contributed by atoms with Gasteiger partial charge < -0.3 is 0 Å². The van der Waals surface area contributed by atoms with Crippen LogP contribution < -0.4 is 0 Å². The quantitative estimate of drug-likeness (QED) is 0.768. The third-order valence-corrected chi connectivity index (χ3v) is 3.87. The van der Waals surface area contributed by atoms with Crippen molar-refractivity contribution in [1.29, 1.82) is 0 Å². The third-order valence-electron chi connectivity index (χ3n) is 2.62. The van der Waals surface area contributed by atoms with Gasteiger partial charge in [0.25, 0.3) is 0 Å². The first-order valence-electron chi connectivity index (χ1n) is 5.86. The van der Waals surface area contributed by atoms with Gasteiger partial charge in [-0.3, -0.25) is 0 Å². The number of nitrogens with zero attached hydrogens (tertiary/aromatic N) is 2. The normalized spacial score (nSPS) is 10.9. The molecule has 0 spiro atoms. The van der Waals surface area contributed by atoms with Crippen LogP contribution in [0.2, 0.25) is 5.15 Å². The maximum Gasteiger partial charge on any atom is 0.151 e. The molecule has 4 heteroatoms. The summed E-state index contributed by atoms with van der Waals surface area (Å²) < 4.78 is 0. The first kappa shape index (κ1) is 13.4. The van der Waals surface area contributed by atoms with Crippen molar-refractivity contribution in [3.63, 3.8) is 0 Å². The Kier molecular flexibility index (Phi) is 4.61. The second kappa shape index (κ2) is 6.21. The fourth-order valence-electron chi connectivity index (χ4n) is 1.53. The minimum Gasteiger partial charge on any atom is -0.153 e. The van der Waals surface area contributed by atoms with Gasteiger partial charge in [0.05, 0.1) is 5.69 Å². The molecule has 0 bridgehead atoms. The van der Waals surface area contributed by atoms with E-state index in [0.29, 0.717) is 11.1 Å². The lowest BCUT2D eigenvalue weighted by molar-refractivity contribution is 0.865. The minimum atomic E-state index is 0.435. The molecule has 18 heavy (non-hydrogen) atoms. The zero-order valence-corrected chi connectivity index (χ0v) is 12.0. The molecule has 94 valence electrons. The van der Waals surface area contributed by atoms with Crippen molar-refractivity contribution in [2.75, 3.05) is 0 Å². The summed E-state index contributed by atoms with van der Waals surface area (Å²) >= 11 is 7.45. The first-order valence-corrected chi connectivity index (χ1v) is 7.22. The van der Waals surface area contributed by atoms with Crippen molar-refractivity contribution in [1.82, 2.24) is 10.2 Å². The highest BCUT2D eigenvalue weighted by Gasteiger charge is 2.01. The van der Waals surface area contributed by atoms with Crippen molar-refractivity contribution in [3.8, 4) is 0 Å². The lowest BCUT2D eigenvalue weighted by atomic mass is 10.0. The van der Waals surface area contributed by atoms with E-state index in [1.54, 1.807) is 17.8 Å². The number of thioether (sulfide) groups is 1. The number of benzene rings is 1. The van der Waals surface area contributed by atoms with E-state index in [0.717, 1.165) is 11.4 Å². The van der Waals surface area contributed by atoms with Crippen LogP contribution in [0.15, 0.2) is 41.3 Å². The predicted molar refractivity (Wildman–Crippen MR) is 77.1 cm³/mol. The monoisotopic (exact) mass is 278 g/mol. The molecule has 0 N–H and O–H groups in total. The van der Waals surface area contributed by atoms with E-state index in [1.165, 1.54) is 10.5 Å². The van der Waals surface area contributed by atoms with Crippen LogP contribution in [0.3, 0.4) is 0 Å². The zero-order chi connectivity index (χ0) is 13.0. The molecular formula is C14H15ClN2S. The maximum absolute atomic E-state index is 5.70. The van der Waals surface area contributed by atoms with Crippen LogP contribution in [-0.4, -0.2) is 10.2 Å². The van der Waals surface area contributed by atoms with Crippen LogP contribution >= 0.6 is 23.4 Å². The average Bonchev–Trinajstić information content (AvgIpc) is 2.38. The topological polar surface area (TPSA) is 25.8 Å². The van der Waals surface area contributed by atoms with Crippen molar-refractivity contribution in [2.24, 2.45) is 0 Å². The van der Waals surface area contributed by atoms with Gasteiger partial charge in [-0.1, -0.05) is 37.6 Å². The number of rotatable bonds is 4. The Morgan fingerprint density at radius 3 is 2.33 bits per heavy atom. The largest absolute Gasteiger partial charge is 0.153 e. The summed E-state index contributed by atoms with van der Waals surface area (Å²) in [6, 6.07) is 12.4. The Morgan fingerprint density at radius 2 is 1.78 bits per heavy atom. The molecule has 2 rings (SSSR count). The van der Waals surface area contributed by atoms with Gasteiger partial charge in [0.2, 0.25) is 0 Å².